The third-order valence-electron chi connectivity index (χ3n) is 5.48. The van der Waals surface area contributed by atoms with Gasteiger partial charge in [-0.1, -0.05) is 6.07 Å². The highest BCUT2D eigenvalue weighted by Gasteiger charge is 2.47. The standard InChI is InChI=1S/C20H20N6O2/c21-11-15-2-1-3-16(10-15)24-19(28)26-13-20(14-26)4-8-25(9-5-20)18(27)17-12-22-6-7-23-17/h1-3,6-7,10,12H,4-5,8-9,13-14H2,(H,24,28). The van der Waals surface area contributed by atoms with E-state index in [-0.39, 0.29) is 17.4 Å². The van der Waals surface area contributed by atoms with Crippen LogP contribution in [-0.2, 0) is 0 Å². The van der Waals surface area contributed by atoms with Crippen molar-refractivity contribution in [3.05, 3.63) is 54.1 Å². The maximum absolute atomic E-state index is 12.5. The van der Waals surface area contributed by atoms with Crippen LogP contribution < -0.4 is 5.32 Å². The normalized spacial score (nSPS) is 17.5. The lowest BCUT2D eigenvalue weighted by atomic mass is 9.72. The fraction of sp³-hybridized carbons (Fsp3) is 0.350. The van der Waals surface area contributed by atoms with Crippen LogP contribution in [-0.4, -0.2) is 57.9 Å². The highest BCUT2D eigenvalue weighted by atomic mass is 16.2. The molecule has 2 aromatic rings. The van der Waals surface area contributed by atoms with E-state index < -0.39 is 0 Å². The summed E-state index contributed by atoms with van der Waals surface area (Å²) in [6.07, 6.45) is 6.29. The highest BCUT2D eigenvalue weighted by molar-refractivity contribution is 5.92. The molecule has 8 nitrogen and oxygen atoms in total. The third kappa shape index (κ3) is 3.51. The molecule has 2 aliphatic heterocycles. The van der Waals surface area contributed by atoms with Crippen LogP contribution in [0.4, 0.5) is 10.5 Å². The molecule has 8 heteroatoms. The van der Waals surface area contributed by atoms with E-state index in [0.29, 0.717) is 43.1 Å². The molecule has 3 amide bonds. The molecule has 0 radical (unpaired) electrons. The Labute approximate surface area is 162 Å². The Kier molecular flexibility index (Phi) is 4.65. The van der Waals surface area contributed by atoms with Gasteiger partial charge in [0.2, 0.25) is 0 Å². The molecule has 2 aliphatic rings. The number of aromatic nitrogens is 2. The number of amides is 3. The first-order valence-corrected chi connectivity index (χ1v) is 9.20. The lowest BCUT2D eigenvalue weighted by molar-refractivity contribution is -0.0147. The van der Waals surface area contributed by atoms with Gasteiger partial charge in [-0.15, -0.1) is 0 Å². The molecule has 1 N–H and O–H groups in total. The van der Waals surface area contributed by atoms with Crippen LogP contribution >= 0.6 is 0 Å². The zero-order chi connectivity index (χ0) is 19.6. The summed E-state index contributed by atoms with van der Waals surface area (Å²) in [5.74, 6) is -0.0887. The van der Waals surface area contributed by atoms with E-state index in [1.165, 1.54) is 12.4 Å². The Bertz CT molecular complexity index is 923. The SMILES string of the molecule is N#Cc1cccc(NC(=O)N2CC3(CCN(C(=O)c4cnccn4)CC3)C2)c1. The second-order valence-electron chi connectivity index (χ2n) is 7.36. The Morgan fingerprint density at radius 1 is 1.14 bits per heavy atom. The predicted octanol–water partition coefficient (Wildman–Crippen LogP) is 2.12. The minimum Gasteiger partial charge on any atom is -0.337 e. The Morgan fingerprint density at radius 2 is 1.93 bits per heavy atom. The van der Waals surface area contributed by atoms with E-state index in [2.05, 4.69) is 21.4 Å². The van der Waals surface area contributed by atoms with Crippen molar-refractivity contribution in [3.63, 3.8) is 0 Å². The average molecular weight is 376 g/mol. The molecule has 4 rings (SSSR count). The molecule has 0 saturated carbocycles. The number of urea groups is 1. The molecule has 2 saturated heterocycles. The molecule has 0 unspecified atom stereocenters. The van der Waals surface area contributed by atoms with Crippen LogP contribution in [0.5, 0.6) is 0 Å². The topological polar surface area (TPSA) is 102 Å². The first kappa shape index (κ1) is 17.9. The van der Waals surface area contributed by atoms with Crippen LogP contribution in [0.15, 0.2) is 42.9 Å². The summed E-state index contributed by atoms with van der Waals surface area (Å²) >= 11 is 0. The van der Waals surface area contributed by atoms with Crippen molar-refractivity contribution < 1.29 is 9.59 Å². The first-order chi connectivity index (χ1) is 13.6. The van der Waals surface area contributed by atoms with Crippen LogP contribution in [0.3, 0.4) is 0 Å². The van der Waals surface area contributed by atoms with Crippen molar-refractivity contribution in [1.82, 2.24) is 19.8 Å². The van der Waals surface area contributed by atoms with Gasteiger partial charge in [0.1, 0.15) is 5.69 Å². The van der Waals surface area contributed by atoms with Gasteiger partial charge < -0.3 is 15.1 Å². The number of carbonyl (C=O) groups excluding carboxylic acids is 2. The summed E-state index contributed by atoms with van der Waals surface area (Å²) in [7, 11) is 0. The van der Waals surface area contributed by atoms with Gasteiger partial charge in [0, 0.05) is 49.7 Å². The number of hydrogen-bond acceptors (Lipinski definition) is 5. The molecular weight excluding hydrogens is 356 g/mol. The van der Waals surface area contributed by atoms with Gasteiger partial charge in [-0.25, -0.2) is 9.78 Å². The van der Waals surface area contributed by atoms with E-state index in [1.807, 2.05) is 4.90 Å². The second-order valence-corrected chi connectivity index (χ2v) is 7.36. The number of nitrogens with zero attached hydrogens (tertiary/aromatic N) is 5. The number of anilines is 1. The zero-order valence-corrected chi connectivity index (χ0v) is 15.3. The Hall–Kier alpha value is -3.47. The van der Waals surface area contributed by atoms with Crippen molar-refractivity contribution in [2.75, 3.05) is 31.5 Å². The molecule has 1 aromatic carbocycles. The van der Waals surface area contributed by atoms with Crippen molar-refractivity contribution >= 4 is 17.6 Å². The molecule has 1 aromatic heterocycles. The van der Waals surface area contributed by atoms with Gasteiger partial charge in [0.15, 0.2) is 0 Å². The fourth-order valence-corrected chi connectivity index (χ4v) is 3.85. The predicted molar refractivity (Wildman–Crippen MR) is 101 cm³/mol. The van der Waals surface area contributed by atoms with E-state index in [1.54, 1.807) is 35.4 Å². The zero-order valence-electron chi connectivity index (χ0n) is 15.3. The average Bonchev–Trinajstić information content (AvgIpc) is 2.72. The minimum atomic E-state index is -0.154. The first-order valence-electron chi connectivity index (χ1n) is 9.20. The molecule has 1 spiro atoms. The summed E-state index contributed by atoms with van der Waals surface area (Å²) in [4.78, 5) is 36.5. The number of benzene rings is 1. The minimum absolute atomic E-state index is 0.0883. The molecular formula is C20H20N6O2. The van der Waals surface area contributed by atoms with Crippen LogP contribution in [0.1, 0.15) is 28.9 Å². The molecule has 28 heavy (non-hydrogen) atoms. The van der Waals surface area contributed by atoms with E-state index >= 15 is 0 Å². The number of nitriles is 1. The lowest BCUT2D eigenvalue weighted by Crippen LogP contribution is -2.63. The van der Waals surface area contributed by atoms with Gasteiger partial charge in [0.05, 0.1) is 17.8 Å². The monoisotopic (exact) mass is 376 g/mol. The van der Waals surface area contributed by atoms with Gasteiger partial charge in [-0.2, -0.15) is 5.26 Å². The molecule has 2 fully saturated rings. The summed E-state index contributed by atoms with van der Waals surface area (Å²) < 4.78 is 0. The smallest absolute Gasteiger partial charge is 0.321 e. The molecule has 0 aliphatic carbocycles. The molecule has 142 valence electrons. The number of piperidine rings is 1. The van der Waals surface area contributed by atoms with Crippen molar-refractivity contribution in [3.8, 4) is 6.07 Å². The highest BCUT2D eigenvalue weighted by Crippen LogP contribution is 2.40. The van der Waals surface area contributed by atoms with Gasteiger partial charge in [-0.3, -0.25) is 9.78 Å². The number of carbonyl (C=O) groups is 2. The number of likely N-dealkylation sites (tertiary alicyclic amines) is 2. The second kappa shape index (κ2) is 7.27. The lowest BCUT2D eigenvalue weighted by Gasteiger charge is -2.53. The van der Waals surface area contributed by atoms with Crippen molar-refractivity contribution in [2.45, 2.75) is 12.8 Å². The van der Waals surface area contributed by atoms with Crippen molar-refractivity contribution in [2.24, 2.45) is 5.41 Å². The number of hydrogen-bond donors (Lipinski definition) is 1. The number of rotatable bonds is 2. The Morgan fingerprint density at radius 3 is 2.61 bits per heavy atom. The van der Waals surface area contributed by atoms with Gasteiger partial charge >= 0.3 is 6.03 Å². The van der Waals surface area contributed by atoms with Gasteiger partial charge in [-0.05, 0) is 31.0 Å². The summed E-state index contributed by atoms with van der Waals surface area (Å²) in [6.45, 7) is 2.69. The third-order valence-corrected chi connectivity index (χ3v) is 5.48. The maximum atomic E-state index is 12.5. The summed E-state index contributed by atoms with van der Waals surface area (Å²) in [6, 6.07) is 8.78. The van der Waals surface area contributed by atoms with Crippen LogP contribution in [0.2, 0.25) is 0 Å². The van der Waals surface area contributed by atoms with Gasteiger partial charge in [0.25, 0.3) is 5.91 Å². The van der Waals surface area contributed by atoms with Crippen molar-refractivity contribution in [1.29, 1.82) is 5.26 Å². The summed E-state index contributed by atoms with van der Waals surface area (Å²) in [5, 5.41) is 11.8. The largest absolute Gasteiger partial charge is 0.337 e. The molecule has 0 atom stereocenters. The molecule has 0 bridgehead atoms. The number of nitrogens with one attached hydrogen (secondary N) is 1. The maximum Gasteiger partial charge on any atom is 0.321 e. The quantitative estimate of drug-likeness (QED) is 0.865. The van der Waals surface area contributed by atoms with Crippen LogP contribution in [0.25, 0.3) is 0 Å². The molecule has 3 heterocycles. The van der Waals surface area contributed by atoms with E-state index in [9.17, 15) is 9.59 Å². The van der Waals surface area contributed by atoms with E-state index in [0.717, 1.165) is 12.8 Å². The van der Waals surface area contributed by atoms with Crippen LogP contribution in [0, 0.1) is 16.7 Å². The fourth-order valence-electron chi connectivity index (χ4n) is 3.85. The van der Waals surface area contributed by atoms with E-state index in [4.69, 9.17) is 5.26 Å². The summed E-state index contributed by atoms with van der Waals surface area (Å²) in [5.41, 5.74) is 1.59. The Balaban J connectivity index is 1.29.